The van der Waals surface area contributed by atoms with Crippen LogP contribution in [0.2, 0.25) is 0 Å². The van der Waals surface area contributed by atoms with Gasteiger partial charge in [-0.1, -0.05) is 12.1 Å². The molecule has 0 spiro atoms. The van der Waals surface area contributed by atoms with Crippen LogP contribution < -0.4 is 10.6 Å². The molecular weight excluding hydrogens is 216 g/mol. The lowest BCUT2D eigenvalue weighted by Crippen LogP contribution is -2.29. The lowest BCUT2D eigenvalue weighted by Gasteiger charge is -2.18. The fraction of sp³-hybridized carbons (Fsp3) is 0.462. The maximum atomic E-state index is 12.0. The van der Waals surface area contributed by atoms with Crippen molar-refractivity contribution in [1.29, 1.82) is 0 Å². The maximum Gasteiger partial charge on any atom is 0.227 e. The summed E-state index contributed by atoms with van der Waals surface area (Å²) in [6, 6.07) is 5.82. The van der Waals surface area contributed by atoms with Gasteiger partial charge in [-0.3, -0.25) is 4.79 Å². The summed E-state index contributed by atoms with van der Waals surface area (Å²) in [5, 5.41) is 0. The third-order valence-electron chi connectivity index (χ3n) is 3.07. The van der Waals surface area contributed by atoms with Gasteiger partial charge in [-0.2, -0.15) is 0 Å². The molecule has 0 unspecified atom stereocenters. The summed E-state index contributed by atoms with van der Waals surface area (Å²) in [4.78, 5) is 13.9. The second kappa shape index (κ2) is 5.19. The Balaban J connectivity index is 2.08. The monoisotopic (exact) mass is 234 g/mol. The highest BCUT2D eigenvalue weighted by Crippen LogP contribution is 2.33. The average molecular weight is 234 g/mol. The minimum atomic E-state index is 0.138. The van der Waals surface area contributed by atoms with Crippen molar-refractivity contribution in [3.05, 3.63) is 23.8 Å². The lowest BCUT2D eigenvalue weighted by atomic mass is 10.1. The number of nitrogens with two attached hydrogens (primary N) is 1. The third kappa shape index (κ3) is 2.42. The number of amides is 1. The van der Waals surface area contributed by atoms with Gasteiger partial charge in [0.1, 0.15) is 0 Å². The van der Waals surface area contributed by atoms with Crippen molar-refractivity contribution < 1.29 is 9.53 Å². The van der Waals surface area contributed by atoms with E-state index in [-0.39, 0.29) is 5.91 Å². The van der Waals surface area contributed by atoms with Crippen molar-refractivity contribution in [2.45, 2.75) is 19.3 Å². The molecule has 2 N–H and O–H groups in total. The zero-order chi connectivity index (χ0) is 12.3. The molecule has 1 aliphatic heterocycles. The summed E-state index contributed by atoms with van der Waals surface area (Å²) in [6.45, 7) is 1.37. The van der Waals surface area contributed by atoms with Crippen LogP contribution in [0, 0.1) is 0 Å². The molecule has 0 aliphatic carbocycles. The van der Waals surface area contributed by atoms with Gasteiger partial charge in [0.25, 0.3) is 0 Å². The van der Waals surface area contributed by atoms with Crippen molar-refractivity contribution >= 4 is 17.3 Å². The minimum Gasteiger partial charge on any atom is -0.397 e. The largest absolute Gasteiger partial charge is 0.397 e. The number of benzene rings is 1. The first-order valence-corrected chi connectivity index (χ1v) is 5.90. The van der Waals surface area contributed by atoms with Crippen LogP contribution in [0.15, 0.2) is 18.2 Å². The number of anilines is 2. The van der Waals surface area contributed by atoms with Crippen LogP contribution >= 0.6 is 0 Å². The molecule has 1 amide bonds. The Kier molecular flexibility index (Phi) is 3.64. The topological polar surface area (TPSA) is 55.6 Å². The fourth-order valence-corrected chi connectivity index (χ4v) is 2.24. The molecule has 0 saturated heterocycles. The molecule has 17 heavy (non-hydrogen) atoms. The van der Waals surface area contributed by atoms with E-state index in [1.807, 2.05) is 18.2 Å². The second-order valence-electron chi connectivity index (χ2n) is 4.25. The zero-order valence-electron chi connectivity index (χ0n) is 10.1. The van der Waals surface area contributed by atoms with Gasteiger partial charge >= 0.3 is 0 Å². The van der Waals surface area contributed by atoms with Crippen LogP contribution in [-0.2, 0) is 16.0 Å². The van der Waals surface area contributed by atoms with Crippen LogP contribution in [0.5, 0.6) is 0 Å². The molecule has 4 heteroatoms. The second-order valence-corrected chi connectivity index (χ2v) is 4.25. The number of carbonyl (C=O) groups is 1. The molecule has 0 aromatic heterocycles. The Morgan fingerprint density at radius 3 is 3.12 bits per heavy atom. The summed E-state index contributed by atoms with van der Waals surface area (Å²) < 4.78 is 4.95. The molecule has 1 aromatic carbocycles. The minimum absolute atomic E-state index is 0.138. The molecule has 92 valence electrons. The number of ether oxygens (including phenoxy) is 1. The predicted molar refractivity (Wildman–Crippen MR) is 68.0 cm³/mol. The van der Waals surface area contributed by atoms with E-state index in [0.29, 0.717) is 18.7 Å². The molecule has 1 aliphatic rings. The molecule has 0 atom stereocenters. The molecule has 1 aromatic rings. The van der Waals surface area contributed by atoms with Crippen LogP contribution in [0.3, 0.4) is 0 Å². The molecular formula is C13H18N2O2. The highest BCUT2D eigenvalue weighted by atomic mass is 16.5. The van der Waals surface area contributed by atoms with Crippen LogP contribution in [0.4, 0.5) is 11.4 Å². The van der Waals surface area contributed by atoms with Gasteiger partial charge in [0, 0.05) is 26.7 Å². The Hall–Kier alpha value is -1.55. The Morgan fingerprint density at radius 2 is 2.35 bits per heavy atom. The third-order valence-corrected chi connectivity index (χ3v) is 3.07. The van der Waals surface area contributed by atoms with Crippen molar-refractivity contribution in [1.82, 2.24) is 0 Å². The number of hydrogen-bond acceptors (Lipinski definition) is 3. The number of hydrogen-bond donors (Lipinski definition) is 1. The summed E-state index contributed by atoms with van der Waals surface area (Å²) >= 11 is 0. The van der Waals surface area contributed by atoms with E-state index in [2.05, 4.69) is 0 Å². The number of nitrogen functional groups attached to an aromatic ring is 1. The highest BCUT2D eigenvalue weighted by molar-refractivity contribution is 5.98. The standard InChI is InChI=1S/C13H18N2O2/c1-17-9-3-6-12(16)15-8-7-10-4-2-5-11(14)13(10)15/h2,4-5H,3,6-9,14H2,1H3. The fourth-order valence-electron chi connectivity index (χ4n) is 2.24. The number of nitrogens with zero attached hydrogens (tertiary/aromatic N) is 1. The smallest absolute Gasteiger partial charge is 0.227 e. The Labute approximate surface area is 101 Å². The van der Waals surface area contributed by atoms with E-state index in [4.69, 9.17) is 10.5 Å². The van der Waals surface area contributed by atoms with Crippen LogP contribution in [0.25, 0.3) is 0 Å². The highest BCUT2D eigenvalue weighted by Gasteiger charge is 2.25. The van der Waals surface area contributed by atoms with Gasteiger partial charge in [0.15, 0.2) is 0 Å². The summed E-state index contributed by atoms with van der Waals surface area (Å²) in [7, 11) is 1.65. The van der Waals surface area contributed by atoms with Gasteiger partial charge in [-0.05, 0) is 24.5 Å². The van der Waals surface area contributed by atoms with Crippen molar-refractivity contribution in [2.75, 3.05) is 30.9 Å². The average Bonchev–Trinajstić information content (AvgIpc) is 2.74. The van der Waals surface area contributed by atoms with E-state index in [9.17, 15) is 4.79 Å². The van der Waals surface area contributed by atoms with Crippen LogP contribution in [-0.4, -0.2) is 26.2 Å². The first-order valence-electron chi connectivity index (χ1n) is 5.90. The Morgan fingerprint density at radius 1 is 1.53 bits per heavy atom. The zero-order valence-corrected chi connectivity index (χ0v) is 10.1. The number of para-hydroxylation sites is 1. The van der Waals surface area contributed by atoms with Gasteiger partial charge < -0.3 is 15.4 Å². The number of methoxy groups -OCH3 is 1. The molecule has 1 heterocycles. The van der Waals surface area contributed by atoms with Crippen LogP contribution in [0.1, 0.15) is 18.4 Å². The van der Waals surface area contributed by atoms with E-state index >= 15 is 0 Å². The molecule has 0 bridgehead atoms. The Bertz CT molecular complexity index is 418. The summed E-state index contributed by atoms with van der Waals surface area (Å²) in [6.07, 6.45) is 2.17. The quantitative estimate of drug-likeness (QED) is 0.635. The van der Waals surface area contributed by atoms with E-state index in [1.54, 1.807) is 12.0 Å². The molecule has 0 fully saturated rings. The van der Waals surface area contributed by atoms with E-state index < -0.39 is 0 Å². The molecule has 0 radical (unpaired) electrons. The van der Waals surface area contributed by atoms with Crippen molar-refractivity contribution in [3.63, 3.8) is 0 Å². The molecule has 2 rings (SSSR count). The van der Waals surface area contributed by atoms with E-state index in [0.717, 1.165) is 25.1 Å². The first kappa shape index (κ1) is 11.9. The van der Waals surface area contributed by atoms with Gasteiger partial charge in [-0.15, -0.1) is 0 Å². The van der Waals surface area contributed by atoms with Crippen molar-refractivity contribution in [3.8, 4) is 0 Å². The maximum absolute atomic E-state index is 12.0. The number of rotatable bonds is 4. The predicted octanol–water partition coefficient (Wildman–Crippen LogP) is 1.58. The first-order chi connectivity index (χ1) is 8.24. The summed E-state index contributed by atoms with van der Waals surface area (Å²) in [5.41, 5.74) is 8.71. The summed E-state index contributed by atoms with van der Waals surface area (Å²) in [5.74, 6) is 0.138. The molecule has 4 nitrogen and oxygen atoms in total. The van der Waals surface area contributed by atoms with Crippen molar-refractivity contribution in [2.24, 2.45) is 0 Å². The lowest BCUT2D eigenvalue weighted by molar-refractivity contribution is -0.118. The van der Waals surface area contributed by atoms with Gasteiger partial charge in [-0.25, -0.2) is 0 Å². The number of fused-ring (bicyclic) bond motifs is 1. The van der Waals surface area contributed by atoms with Gasteiger partial charge in [0.2, 0.25) is 5.91 Å². The SMILES string of the molecule is COCCCC(=O)N1CCc2cccc(N)c21. The number of carbonyl (C=O) groups excluding carboxylic acids is 1. The van der Waals surface area contributed by atoms with E-state index in [1.165, 1.54) is 5.56 Å². The normalized spacial score (nSPS) is 13.8. The molecule has 0 saturated carbocycles. The van der Waals surface area contributed by atoms with Gasteiger partial charge in [0.05, 0.1) is 11.4 Å².